The molecule has 0 radical (unpaired) electrons. The SMILES string of the molecule is Cc1cc2c(cc1OC[C@H](O)CC(C)(C)C)OCO2. The maximum absolute atomic E-state index is 9.95. The van der Waals surface area contributed by atoms with Crippen molar-refractivity contribution in [3.63, 3.8) is 0 Å². The number of fused-ring (bicyclic) bond motifs is 1. The van der Waals surface area contributed by atoms with Crippen LogP contribution in [-0.2, 0) is 0 Å². The van der Waals surface area contributed by atoms with E-state index in [1.165, 1.54) is 0 Å². The van der Waals surface area contributed by atoms with Gasteiger partial charge in [0.15, 0.2) is 11.5 Å². The van der Waals surface area contributed by atoms with Gasteiger partial charge in [0, 0.05) is 6.07 Å². The summed E-state index contributed by atoms with van der Waals surface area (Å²) < 4.78 is 16.3. The third-order valence-electron chi connectivity index (χ3n) is 2.95. The van der Waals surface area contributed by atoms with E-state index in [0.717, 1.165) is 17.1 Å². The van der Waals surface area contributed by atoms with Gasteiger partial charge >= 0.3 is 0 Å². The summed E-state index contributed by atoms with van der Waals surface area (Å²) in [6.45, 7) is 8.79. The van der Waals surface area contributed by atoms with Crippen LogP contribution >= 0.6 is 0 Å². The standard InChI is InChI=1S/C15H22O4/c1-10-5-13-14(19-9-18-13)6-12(10)17-8-11(16)7-15(2,3)4/h5-6,11,16H,7-9H2,1-4H3/t11-/m1/s1. The Kier molecular flexibility index (Phi) is 3.90. The average Bonchev–Trinajstić information content (AvgIpc) is 2.70. The van der Waals surface area contributed by atoms with Crippen LogP contribution in [-0.4, -0.2) is 24.6 Å². The summed E-state index contributed by atoms with van der Waals surface area (Å²) in [4.78, 5) is 0. The quantitative estimate of drug-likeness (QED) is 0.910. The molecule has 1 atom stereocenters. The molecule has 1 aliphatic heterocycles. The molecule has 0 bridgehead atoms. The van der Waals surface area contributed by atoms with Gasteiger partial charge in [-0.2, -0.15) is 0 Å². The summed E-state index contributed by atoms with van der Waals surface area (Å²) in [5, 5.41) is 9.95. The molecule has 19 heavy (non-hydrogen) atoms. The smallest absolute Gasteiger partial charge is 0.231 e. The van der Waals surface area contributed by atoms with Crippen molar-refractivity contribution < 1.29 is 19.3 Å². The molecule has 2 rings (SSSR count). The molecule has 1 aliphatic rings. The fraction of sp³-hybridized carbons (Fsp3) is 0.600. The summed E-state index contributed by atoms with van der Waals surface area (Å²) in [7, 11) is 0. The maximum atomic E-state index is 9.95. The van der Waals surface area contributed by atoms with E-state index in [-0.39, 0.29) is 18.8 Å². The second kappa shape index (κ2) is 5.29. The fourth-order valence-corrected chi connectivity index (χ4v) is 2.13. The normalized spacial score (nSPS) is 15.4. The zero-order valence-corrected chi connectivity index (χ0v) is 12.0. The number of aliphatic hydroxyl groups excluding tert-OH is 1. The molecule has 4 nitrogen and oxygen atoms in total. The van der Waals surface area contributed by atoms with E-state index in [4.69, 9.17) is 14.2 Å². The summed E-state index contributed by atoms with van der Waals surface area (Å²) in [6.07, 6.45) is 0.237. The van der Waals surface area contributed by atoms with Crippen LogP contribution in [0.1, 0.15) is 32.8 Å². The molecule has 0 saturated heterocycles. The lowest BCUT2D eigenvalue weighted by Gasteiger charge is -2.22. The zero-order valence-electron chi connectivity index (χ0n) is 12.0. The minimum atomic E-state index is -0.468. The third kappa shape index (κ3) is 3.77. The lowest BCUT2D eigenvalue weighted by molar-refractivity contribution is 0.0707. The van der Waals surface area contributed by atoms with Crippen molar-refractivity contribution in [1.29, 1.82) is 0 Å². The fourth-order valence-electron chi connectivity index (χ4n) is 2.13. The second-order valence-corrected chi connectivity index (χ2v) is 6.20. The van der Waals surface area contributed by atoms with Crippen molar-refractivity contribution in [3.8, 4) is 17.2 Å². The van der Waals surface area contributed by atoms with Crippen LogP contribution in [0.4, 0.5) is 0 Å². The molecule has 0 spiro atoms. The van der Waals surface area contributed by atoms with E-state index in [1.54, 1.807) is 0 Å². The van der Waals surface area contributed by atoms with Crippen LogP contribution < -0.4 is 14.2 Å². The molecule has 0 fully saturated rings. The molecular formula is C15H22O4. The Labute approximate surface area is 114 Å². The Morgan fingerprint density at radius 1 is 1.26 bits per heavy atom. The maximum Gasteiger partial charge on any atom is 0.231 e. The molecule has 0 aliphatic carbocycles. The number of hydrogen-bond donors (Lipinski definition) is 1. The molecule has 1 aromatic rings. The van der Waals surface area contributed by atoms with Gasteiger partial charge in [-0.1, -0.05) is 20.8 Å². The van der Waals surface area contributed by atoms with Gasteiger partial charge < -0.3 is 19.3 Å². The average molecular weight is 266 g/mol. The highest BCUT2D eigenvalue weighted by Gasteiger charge is 2.19. The lowest BCUT2D eigenvalue weighted by atomic mass is 9.89. The van der Waals surface area contributed by atoms with E-state index in [9.17, 15) is 5.11 Å². The van der Waals surface area contributed by atoms with Crippen LogP contribution in [0.5, 0.6) is 17.2 Å². The Hall–Kier alpha value is -1.42. The number of rotatable bonds is 4. The minimum Gasteiger partial charge on any atom is -0.490 e. The number of benzene rings is 1. The minimum absolute atomic E-state index is 0.0900. The molecule has 0 unspecified atom stereocenters. The first-order valence-corrected chi connectivity index (χ1v) is 6.56. The molecule has 4 heteroatoms. The Balaban J connectivity index is 1.96. The topological polar surface area (TPSA) is 47.9 Å². The van der Waals surface area contributed by atoms with E-state index in [0.29, 0.717) is 12.2 Å². The van der Waals surface area contributed by atoms with Gasteiger partial charge in [0.25, 0.3) is 0 Å². The van der Waals surface area contributed by atoms with Crippen molar-refractivity contribution in [2.75, 3.05) is 13.4 Å². The summed E-state index contributed by atoms with van der Waals surface area (Å²) in [6, 6.07) is 3.72. The zero-order chi connectivity index (χ0) is 14.0. The molecule has 106 valence electrons. The van der Waals surface area contributed by atoms with Gasteiger partial charge in [-0.05, 0) is 30.4 Å². The molecule has 1 N–H and O–H groups in total. The summed E-state index contributed by atoms with van der Waals surface area (Å²) >= 11 is 0. The second-order valence-electron chi connectivity index (χ2n) is 6.20. The van der Waals surface area contributed by atoms with E-state index in [2.05, 4.69) is 20.8 Å². The van der Waals surface area contributed by atoms with E-state index in [1.807, 2.05) is 19.1 Å². The van der Waals surface area contributed by atoms with Crippen LogP contribution in [0.25, 0.3) is 0 Å². The first-order valence-electron chi connectivity index (χ1n) is 6.56. The molecule has 0 amide bonds. The molecular weight excluding hydrogens is 244 g/mol. The highest BCUT2D eigenvalue weighted by molar-refractivity contribution is 5.51. The third-order valence-corrected chi connectivity index (χ3v) is 2.95. The lowest BCUT2D eigenvalue weighted by Crippen LogP contribution is -2.24. The first kappa shape index (κ1) is 14.0. The molecule has 0 saturated carbocycles. The Morgan fingerprint density at radius 3 is 2.53 bits per heavy atom. The van der Waals surface area contributed by atoms with Crippen molar-refractivity contribution in [2.24, 2.45) is 5.41 Å². The largest absolute Gasteiger partial charge is 0.490 e. The highest BCUT2D eigenvalue weighted by atomic mass is 16.7. The summed E-state index contributed by atoms with van der Waals surface area (Å²) in [5.74, 6) is 2.18. The number of aryl methyl sites for hydroxylation is 1. The Morgan fingerprint density at radius 2 is 1.89 bits per heavy atom. The van der Waals surface area contributed by atoms with Crippen LogP contribution in [0.3, 0.4) is 0 Å². The van der Waals surface area contributed by atoms with Crippen molar-refractivity contribution in [1.82, 2.24) is 0 Å². The first-order chi connectivity index (χ1) is 8.85. The van der Waals surface area contributed by atoms with Crippen LogP contribution in [0, 0.1) is 12.3 Å². The van der Waals surface area contributed by atoms with E-state index >= 15 is 0 Å². The Bertz CT molecular complexity index is 448. The summed E-state index contributed by atoms with van der Waals surface area (Å²) in [5.41, 5.74) is 1.07. The van der Waals surface area contributed by atoms with Crippen molar-refractivity contribution >= 4 is 0 Å². The predicted octanol–water partition coefficient (Wildman–Crippen LogP) is 2.90. The van der Waals surface area contributed by atoms with E-state index < -0.39 is 6.10 Å². The monoisotopic (exact) mass is 266 g/mol. The van der Waals surface area contributed by atoms with Gasteiger partial charge in [0.2, 0.25) is 6.79 Å². The molecule has 1 aromatic carbocycles. The molecule has 1 heterocycles. The number of ether oxygens (including phenoxy) is 3. The van der Waals surface area contributed by atoms with Crippen LogP contribution in [0.2, 0.25) is 0 Å². The highest BCUT2D eigenvalue weighted by Crippen LogP contribution is 2.37. The van der Waals surface area contributed by atoms with Gasteiger partial charge in [-0.25, -0.2) is 0 Å². The number of aliphatic hydroxyl groups is 1. The van der Waals surface area contributed by atoms with Gasteiger partial charge in [-0.3, -0.25) is 0 Å². The predicted molar refractivity (Wildman–Crippen MR) is 72.9 cm³/mol. The number of hydrogen-bond acceptors (Lipinski definition) is 4. The molecule has 0 aromatic heterocycles. The van der Waals surface area contributed by atoms with Crippen molar-refractivity contribution in [2.45, 2.75) is 40.2 Å². The van der Waals surface area contributed by atoms with Gasteiger partial charge in [0.1, 0.15) is 12.4 Å². The van der Waals surface area contributed by atoms with Gasteiger partial charge in [0.05, 0.1) is 6.10 Å². The van der Waals surface area contributed by atoms with Crippen molar-refractivity contribution in [3.05, 3.63) is 17.7 Å². The van der Waals surface area contributed by atoms with Crippen LogP contribution in [0.15, 0.2) is 12.1 Å². The van der Waals surface area contributed by atoms with Gasteiger partial charge in [-0.15, -0.1) is 0 Å².